The van der Waals surface area contributed by atoms with E-state index in [0.29, 0.717) is 13.2 Å². The molecule has 0 saturated carbocycles. The van der Waals surface area contributed by atoms with Gasteiger partial charge in [-0.25, -0.2) is 0 Å². The van der Waals surface area contributed by atoms with Crippen LogP contribution in [0.3, 0.4) is 0 Å². The molecule has 0 aliphatic carbocycles. The Bertz CT molecular complexity index is 358. The van der Waals surface area contributed by atoms with E-state index < -0.39 is 0 Å². The minimum absolute atomic E-state index is 0.584. The van der Waals surface area contributed by atoms with Crippen molar-refractivity contribution in [3.8, 4) is 5.75 Å². The minimum atomic E-state index is 0.584. The summed E-state index contributed by atoms with van der Waals surface area (Å²) < 4.78 is 10.8. The van der Waals surface area contributed by atoms with Crippen molar-refractivity contribution in [2.45, 2.75) is 19.8 Å². The van der Waals surface area contributed by atoms with Crippen molar-refractivity contribution < 1.29 is 9.47 Å². The molecular formula is C15H25NO2S. The van der Waals surface area contributed by atoms with Crippen LogP contribution in [0.5, 0.6) is 5.75 Å². The summed E-state index contributed by atoms with van der Waals surface area (Å²) in [6.45, 7) is 4.26. The number of unbranched alkanes of at least 4 members (excludes halogenated alkanes) is 1. The van der Waals surface area contributed by atoms with Gasteiger partial charge < -0.3 is 14.8 Å². The quantitative estimate of drug-likeness (QED) is 0.665. The van der Waals surface area contributed by atoms with Gasteiger partial charge in [-0.2, -0.15) is 11.8 Å². The maximum absolute atomic E-state index is 5.74. The van der Waals surface area contributed by atoms with Gasteiger partial charge in [-0.3, -0.25) is 0 Å². The van der Waals surface area contributed by atoms with Gasteiger partial charge >= 0.3 is 0 Å². The van der Waals surface area contributed by atoms with Crippen LogP contribution in [-0.4, -0.2) is 38.9 Å². The number of aryl methyl sites for hydroxylation is 1. The molecule has 0 unspecified atom stereocenters. The Labute approximate surface area is 121 Å². The van der Waals surface area contributed by atoms with Gasteiger partial charge in [0.2, 0.25) is 0 Å². The Balaban J connectivity index is 2.45. The third kappa shape index (κ3) is 6.73. The van der Waals surface area contributed by atoms with E-state index in [4.69, 9.17) is 9.47 Å². The van der Waals surface area contributed by atoms with Crippen molar-refractivity contribution in [1.29, 1.82) is 0 Å². The maximum Gasteiger partial charge on any atom is 0.142 e. The highest BCUT2D eigenvalue weighted by Crippen LogP contribution is 2.25. The van der Waals surface area contributed by atoms with Crippen LogP contribution in [0.1, 0.15) is 18.4 Å². The monoisotopic (exact) mass is 283 g/mol. The number of hydrogen-bond donors (Lipinski definition) is 1. The lowest BCUT2D eigenvalue weighted by Gasteiger charge is -2.14. The normalized spacial score (nSPS) is 10.5. The number of methoxy groups -OCH3 is 1. The number of anilines is 1. The number of thioether (sulfide) groups is 1. The van der Waals surface area contributed by atoms with Crippen LogP contribution in [0, 0.1) is 6.92 Å². The fourth-order valence-corrected chi connectivity index (χ4v) is 2.22. The maximum atomic E-state index is 5.74. The Kier molecular flexibility index (Phi) is 8.50. The second kappa shape index (κ2) is 9.98. The lowest BCUT2D eigenvalue weighted by molar-refractivity contribution is 0.146. The summed E-state index contributed by atoms with van der Waals surface area (Å²) in [6.07, 6.45) is 4.58. The topological polar surface area (TPSA) is 30.5 Å². The molecule has 0 aromatic heterocycles. The molecule has 19 heavy (non-hydrogen) atoms. The molecule has 1 aromatic rings. The lowest BCUT2D eigenvalue weighted by Crippen LogP contribution is -2.08. The van der Waals surface area contributed by atoms with Crippen LogP contribution in [0.4, 0.5) is 5.69 Å². The molecule has 0 heterocycles. The van der Waals surface area contributed by atoms with Crippen LogP contribution in [0.2, 0.25) is 0 Å². The van der Waals surface area contributed by atoms with Crippen molar-refractivity contribution in [3.05, 3.63) is 23.8 Å². The van der Waals surface area contributed by atoms with Gasteiger partial charge in [-0.05, 0) is 49.5 Å². The fraction of sp³-hybridized carbons (Fsp3) is 0.600. The molecule has 0 aliphatic rings. The fourth-order valence-electron chi connectivity index (χ4n) is 1.72. The highest BCUT2D eigenvalue weighted by atomic mass is 32.2. The summed E-state index contributed by atoms with van der Waals surface area (Å²) >= 11 is 1.90. The summed E-state index contributed by atoms with van der Waals surface area (Å²) in [5.74, 6) is 2.15. The van der Waals surface area contributed by atoms with E-state index in [-0.39, 0.29) is 0 Å². The molecular weight excluding hydrogens is 258 g/mol. The van der Waals surface area contributed by atoms with Gasteiger partial charge in [0.1, 0.15) is 12.4 Å². The molecule has 0 aliphatic heterocycles. The first-order chi connectivity index (χ1) is 9.27. The predicted octanol–water partition coefficient (Wildman–Crippen LogP) is 3.58. The van der Waals surface area contributed by atoms with E-state index in [0.717, 1.165) is 18.0 Å². The zero-order chi connectivity index (χ0) is 13.9. The highest BCUT2D eigenvalue weighted by Gasteiger charge is 2.03. The van der Waals surface area contributed by atoms with Crippen molar-refractivity contribution in [1.82, 2.24) is 0 Å². The predicted molar refractivity (Wildman–Crippen MR) is 84.7 cm³/mol. The van der Waals surface area contributed by atoms with E-state index in [1.54, 1.807) is 7.11 Å². The summed E-state index contributed by atoms with van der Waals surface area (Å²) in [7, 11) is 1.69. The van der Waals surface area contributed by atoms with Crippen molar-refractivity contribution in [2.24, 2.45) is 0 Å². The first kappa shape index (κ1) is 16.2. The Morgan fingerprint density at radius 2 is 2.05 bits per heavy atom. The van der Waals surface area contributed by atoms with E-state index in [1.807, 2.05) is 11.8 Å². The second-order valence-corrected chi connectivity index (χ2v) is 5.45. The third-order valence-corrected chi connectivity index (χ3v) is 3.47. The average Bonchev–Trinajstić information content (AvgIpc) is 2.41. The van der Waals surface area contributed by atoms with Gasteiger partial charge in [0.15, 0.2) is 0 Å². The smallest absolute Gasteiger partial charge is 0.142 e. The van der Waals surface area contributed by atoms with Gasteiger partial charge in [0, 0.05) is 13.7 Å². The number of benzene rings is 1. The average molecular weight is 283 g/mol. The molecule has 4 heteroatoms. The zero-order valence-electron chi connectivity index (χ0n) is 12.2. The first-order valence-electron chi connectivity index (χ1n) is 6.73. The van der Waals surface area contributed by atoms with E-state index >= 15 is 0 Å². The molecule has 0 amide bonds. The molecule has 108 valence electrons. The van der Waals surface area contributed by atoms with Gasteiger partial charge in [0.25, 0.3) is 0 Å². The van der Waals surface area contributed by atoms with Gasteiger partial charge in [0.05, 0.1) is 12.3 Å². The molecule has 1 rings (SSSR count). The Morgan fingerprint density at radius 1 is 1.21 bits per heavy atom. The number of nitrogens with one attached hydrogen (secondary N) is 1. The van der Waals surface area contributed by atoms with E-state index in [2.05, 4.69) is 36.7 Å². The third-order valence-electron chi connectivity index (χ3n) is 2.77. The second-order valence-electron chi connectivity index (χ2n) is 4.47. The largest absolute Gasteiger partial charge is 0.489 e. The molecule has 0 radical (unpaired) electrons. The van der Waals surface area contributed by atoms with Crippen LogP contribution in [0.25, 0.3) is 0 Å². The summed E-state index contributed by atoms with van der Waals surface area (Å²) in [4.78, 5) is 0. The van der Waals surface area contributed by atoms with Crippen LogP contribution in [-0.2, 0) is 4.74 Å². The molecule has 0 fully saturated rings. The zero-order valence-corrected chi connectivity index (χ0v) is 13.0. The Hall–Kier alpha value is -0.870. The van der Waals surface area contributed by atoms with Crippen molar-refractivity contribution in [2.75, 3.05) is 44.2 Å². The molecule has 0 saturated heterocycles. The standard InChI is InChI=1S/C15H25NO2S/c1-13-6-7-14(16-8-4-5-11-19-3)15(12-13)18-10-9-17-2/h6-7,12,16H,4-5,8-11H2,1-3H3. The van der Waals surface area contributed by atoms with E-state index in [1.165, 1.54) is 24.2 Å². The molecule has 0 spiro atoms. The first-order valence-corrected chi connectivity index (χ1v) is 8.12. The van der Waals surface area contributed by atoms with Crippen molar-refractivity contribution >= 4 is 17.4 Å². The molecule has 0 atom stereocenters. The van der Waals surface area contributed by atoms with Crippen LogP contribution in [0.15, 0.2) is 18.2 Å². The summed E-state index contributed by atoms with van der Waals surface area (Å²) in [5.41, 5.74) is 2.28. The number of rotatable bonds is 10. The molecule has 3 nitrogen and oxygen atoms in total. The van der Waals surface area contributed by atoms with Crippen molar-refractivity contribution in [3.63, 3.8) is 0 Å². The van der Waals surface area contributed by atoms with Gasteiger partial charge in [-0.15, -0.1) is 0 Å². The van der Waals surface area contributed by atoms with Crippen LogP contribution >= 0.6 is 11.8 Å². The number of ether oxygens (including phenoxy) is 2. The van der Waals surface area contributed by atoms with Crippen LogP contribution < -0.4 is 10.1 Å². The van der Waals surface area contributed by atoms with E-state index in [9.17, 15) is 0 Å². The molecule has 1 aromatic carbocycles. The van der Waals surface area contributed by atoms with Gasteiger partial charge in [-0.1, -0.05) is 6.07 Å². The number of hydrogen-bond acceptors (Lipinski definition) is 4. The molecule has 0 bridgehead atoms. The minimum Gasteiger partial charge on any atom is -0.489 e. The highest BCUT2D eigenvalue weighted by molar-refractivity contribution is 7.98. The summed E-state index contributed by atoms with van der Waals surface area (Å²) in [5, 5.41) is 3.45. The molecule has 1 N–H and O–H groups in total. The Morgan fingerprint density at radius 3 is 2.79 bits per heavy atom. The SMILES string of the molecule is COCCOc1cc(C)ccc1NCCCCSC. The summed E-state index contributed by atoms with van der Waals surface area (Å²) in [6, 6.07) is 6.26. The lowest BCUT2D eigenvalue weighted by atomic mass is 10.2.